The van der Waals surface area contributed by atoms with Crippen molar-refractivity contribution in [1.29, 1.82) is 0 Å². The summed E-state index contributed by atoms with van der Waals surface area (Å²) in [6.45, 7) is 6.53. The van der Waals surface area contributed by atoms with Gasteiger partial charge in [-0.05, 0) is 44.4 Å². The van der Waals surface area contributed by atoms with Crippen molar-refractivity contribution in [3.63, 3.8) is 0 Å². The highest BCUT2D eigenvalue weighted by atomic mass is 127. The molecule has 3 nitrogen and oxygen atoms in total. The number of hydrogen-bond acceptors (Lipinski definition) is 1. The molecule has 2 N–H and O–H groups in total. The Balaban J connectivity index is 0.00000264. The van der Waals surface area contributed by atoms with E-state index in [0.29, 0.717) is 12.5 Å². The second-order valence-corrected chi connectivity index (χ2v) is 6.20. The molecule has 1 fully saturated rings. The normalized spacial score (nSPS) is 17.4. The summed E-state index contributed by atoms with van der Waals surface area (Å²) in [7, 11) is 0. The largest absolute Gasteiger partial charge is 0.370 e. The summed E-state index contributed by atoms with van der Waals surface area (Å²) in [5.41, 5.74) is 7.14. The lowest BCUT2D eigenvalue weighted by Gasteiger charge is -2.37. The summed E-state index contributed by atoms with van der Waals surface area (Å²) in [5.74, 6) is 0.439. The number of benzene rings is 1. The minimum atomic E-state index is -0.164. The zero-order chi connectivity index (χ0) is 16.0. The molecule has 1 aliphatic carbocycles. The molecule has 0 aromatic heterocycles. The van der Waals surface area contributed by atoms with E-state index in [1.807, 2.05) is 6.07 Å². The number of rotatable bonds is 5. The minimum Gasteiger partial charge on any atom is -0.370 e. The average molecular weight is 433 g/mol. The molecule has 0 atom stereocenters. The van der Waals surface area contributed by atoms with Crippen LogP contribution in [-0.4, -0.2) is 30.5 Å². The van der Waals surface area contributed by atoms with Crippen molar-refractivity contribution in [3.8, 4) is 0 Å². The molecule has 1 aliphatic rings. The highest BCUT2D eigenvalue weighted by molar-refractivity contribution is 14.0. The van der Waals surface area contributed by atoms with Gasteiger partial charge in [0.1, 0.15) is 5.82 Å². The Morgan fingerprint density at radius 3 is 2.43 bits per heavy atom. The molecule has 0 radical (unpaired) electrons. The van der Waals surface area contributed by atoms with Crippen molar-refractivity contribution in [1.82, 2.24) is 4.90 Å². The molecular weight excluding hydrogens is 404 g/mol. The summed E-state index contributed by atoms with van der Waals surface area (Å²) < 4.78 is 13.7. The molecule has 0 amide bonds. The van der Waals surface area contributed by atoms with Gasteiger partial charge in [0.2, 0.25) is 0 Å². The number of nitrogens with zero attached hydrogens (tertiary/aromatic N) is 2. The van der Waals surface area contributed by atoms with Crippen LogP contribution in [0, 0.1) is 5.82 Å². The molecule has 130 valence electrons. The average Bonchev–Trinajstić information content (AvgIpc) is 2.55. The monoisotopic (exact) mass is 433 g/mol. The molecule has 1 aromatic carbocycles. The lowest BCUT2D eigenvalue weighted by Crippen LogP contribution is -2.39. The zero-order valence-corrected chi connectivity index (χ0v) is 16.6. The van der Waals surface area contributed by atoms with E-state index < -0.39 is 0 Å². The van der Waals surface area contributed by atoms with Crippen molar-refractivity contribution in [2.45, 2.75) is 51.4 Å². The highest BCUT2D eigenvalue weighted by Crippen LogP contribution is 2.40. The van der Waals surface area contributed by atoms with Gasteiger partial charge in [0.15, 0.2) is 5.96 Å². The fraction of sp³-hybridized carbons (Fsp3) is 0.611. The van der Waals surface area contributed by atoms with Crippen LogP contribution in [0.25, 0.3) is 0 Å². The Morgan fingerprint density at radius 2 is 1.87 bits per heavy atom. The van der Waals surface area contributed by atoms with Crippen LogP contribution >= 0.6 is 24.0 Å². The van der Waals surface area contributed by atoms with Crippen molar-refractivity contribution < 1.29 is 4.39 Å². The topological polar surface area (TPSA) is 41.6 Å². The van der Waals surface area contributed by atoms with E-state index in [2.05, 4.69) is 23.7 Å². The van der Waals surface area contributed by atoms with Crippen LogP contribution in [-0.2, 0) is 5.41 Å². The predicted octanol–water partition coefficient (Wildman–Crippen LogP) is 4.30. The highest BCUT2D eigenvalue weighted by Gasteiger charge is 2.34. The maximum absolute atomic E-state index is 13.7. The van der Waals surface area contributed by atoms with E-state index in [1.165, 1.54) is 25.3 Å². The molecule has 1 saturated carbocycles. The molecule has 0 bridgehead atoms. The molecule has 0 aliphatic heterocycles. The second kappa shape index (κ2) is 9.45. The number of hydrogen-bond donors (Lipinski definition) is 1. The fourth-order valence-corrected chi connectivity index (χ4v) is 3.46. The summed E-state index contributed by atoms with van der Waals surface area (Å²) >= 11 is 0. The Morgan fingerprint density at radius 1 is 1.22 bits per heavy atom. The maximum atomic E-state index is 13.7. The first-order valence-electron chi connectivity index (χ1n) is 8.42. The van der Waals surface area contributed by atoms with Crippen molar-refractivity contribution in [2.24, 2.45) is 10.7 Å². The van der Waals surface area contributed by atoms with Crippen molar-refractivity contribution in [2.75, 3.05) is 19.6 Å². The zero-order valence-electron chi connectivity index (χ0n) is 14.2. The van der Waals surface area contributed by atoms with Gasteiger partial charge in [-0.1, -0.05) is 31.4 Å². The third-order valence-electron chi connectivity index (χ3n) is 4.88. The van der Waals surface area contributed by atoms with Gasteiger partial charge in [-0.15, -0.1) is 24.0 Å². The number of halogens is 2. The van der Waals surface area contributed by atoms with Crippen LogP contribution in [0.3, 0.4) is 0 Å². The van der Waals surface area contributed by atoms with Gasteiger partial charge in [-0.3, -0.25) is 4.99 Å². The van der Waals surface area contributed by atoms with Gasteiger partial charge >= 0.3 is 0 Å². The first-order chi connectivity index (χ1) is 10.6. The molecule has 0 unspecified atom stereocenters. The fourth-order valence-electron chi connectivity index (χ4n) is 3.46. The van der Waals surface area contributed by atoms with Gasteiger partial charge in [-0.25, -0.2) is 4.39 Å². The van der Waals surface area contributed by atoms with Crippen LogP contribution < -0.4 is 5.73 Å². The molecule has 1 aromatic rings. The van der Waals surface area contributed by atoms with E-state index in [9.17, 15) is 4.39 Å². The molecular formula is C18H29FIN3. The first-order valence-corrected chi connectivity index (χ1v) is 8.42. The van der Waals surface area contributed by atoms with Gasteiger partial charge in [0.05, 0.1) is 6.54 Å². The van der Waals surface area contributed by atoms with Crippen LogP contribution in [0.15, 0.2) is 29.3 Å². The quantitative estimate of drug-likeness (QED) is 0.428. The Hall–Kier alpha value is -0.850. The molecule has 2 rings (SSSR count). The SMILES string of the molecule is CCN(CC)C(N)=NCC1(c2cccc(F)c2)CCCCC1.I. The number of nitrogens with two attached hydrogens (primary N) is 1. The van der Waals surface area contributed by atoms with Gasteiger partial charge in [0, 0.05) is 18.5 Å². The summed E-state index contributed by atoms with van der Waals surface area (Å²) in [4.78, 5) is 6.72. The minimum absolute atomic E-state index is 0. The van der Waals surface area contributed by atoms with Crippen LogP contribution in [0.2, 0.25) is 0 Å². The van der Waals surface area contributed by atoms with E-state index in [-0.39, 0.29) is 35.2 Å². The van der Waals surface area contributed by atoms with Crippen LogP contribution in [0.5, 0.6) is 0 Å². The van der Waals surface area contributed by atoms with Crippen LogP contribution in [0.1, 0.15) is 51.5 Å². The van der Waals surface area contributed by atoms with Gasteiger partial charge in [0.25, 0.3) is 0 Å². The Kier molecular flexibility index (Phi) is 8.29. The molecule has 0 spiro atoms. The molecule has 0 heterocycles. The Labute approximate surface area is 156 Å². The van der Waals surface area contributed by atoms with E-state index >= 15 is 0 Å². The summed E-state index contributed by atoms with van der Waals surface area (Å²) in [6.07, 6.45) is 5.73. The third-order valence-corrected chi connectivity index (χ3v) is 4.88. The second-order valence-electron chi connectivity index (χ2n) is 6.20. The smallest absolute Gasteiger partial charge is 0.191 e. The third kappa shape index (κ3) is 5.06. The van der Waals surface area contributed by atoms with E-state index in [0.717, 1.165) is 31.5 Å². The van der Waals surface area contributed by atoms with Gasteiger partial charge < -0.3 is 10.6 Å². The molecule has 23 heavy (non-hydrogen) atoms. The molecule has 0 saturated heterocycles. The van der Waals surface area contributed by atoms with E-state index in [4.69, 9.17) is 5.73 Å². The summed E-state index contributed by atoms with van der Waals surface area (Å²) in [6, 6.07) is 7.03. The van der Waals surface area contributed by atoms with E-state index in [1.54, 1.807) is 12.1 Å². The number of guanidine groups is 1. The maximum Gasteiger partial charge on any atom is 0.191 e. The predicted molar refractivity (Wildman–Crippen MR) is 106 cm³/mol. The van der Waals surface area contributed by atoms with Crippen LogP contribution in [0.4, 0.5) is 4.39 Å². The lowest BCUT2D eigenvalue weighted by atomic mass is 9.69. The van der Waals surface area contributed by atoms with Crippen molar-refractivity contribution >= 4 is 29.9 Å². The van der Waals surface area contributed by atoms with Crippen molar-refractivity contribution in [3.05, 3.63) is 35.6 Å². The Bertz CT molecular complexity index is 509. The van der Waals surface area contributed by atoms with Gasteiger partial charge in [-0.2, -0.15) is 0 Å². The number of aliphatic imine (C=N–C) groups is 1. The summed E-state index contributed by atoms with van der Waals surface area (Å²) in [5, 5.41) is 0. The molecule has 5 heteroatoms. The first kappa shape index (κ1) is 20.2. The lowest BCUT2D eigenvalue weighted by molar-refractivity contribution is 0.299. The standard InChI is InChI=1S/C18H28FN3.HI/c1-3-22(4-2)17(20)21-14-18(11-6-5-7-12-18)15-9-8-10-16(19)13-15;/h8-10,13H,3-7,11-12,14H2,1-2H3,(H2,20,21);1H.